The number of ether oxygens (including phenoxy) is 1. The van der Waals surface area contributed by atoms with E-state index in [1.165, 1.54) is 25.3 Å². The van der Waals surface area contributed by atoms with Crippen molar-refractivity contribution < 1.29 is 13.5 Å². The molecule has 0 bridgehead atoms. The van der Waals surface area contributed by atoms with Crippen LogP contribution in [0.1, 0.15) is 11.6 Å². The average molecular weight is 187 g/mol. The van der Waals surface area contributed by atoms with E-state index in [1.54, 1.807) is 0 Å². The Morgan fingerprint density at radius 2 is 2.23 bits per heavy atom. The van der Waals surface area contributed by atoms with Crippen LogP contribution in [0.4, 0.5) is 8.78 Å². The van der Waals surface area contributed by atoms with Gasteiger partial charge in [-0.1, -0.05) is 6.07 Å². The van der Waals surface area contributed by atoms with Crippen LogP contribution in [0.25, 0.3) is 0 Å². The summed E-state index contributed by atoms with van der Waals surface area (Å²) < 4.78 is 29.8. The van der Waals surface area contributed by atoms with Crippen LogP contribution in [-0.2, 0) is 0 Å². The van der Waals surface area contributed by atoms with Crippen molar-refractivity contribution in [2.75, 3.05) is 13.8 Å². The van der Waals surface area contributed by atoms with Gasteiger partial charge in [-0.2, -0.15) is 0 Å². The molecule has 13 heavy (non-hydrogen) atoms. The molecule has 4 heteroatoms. The zero-order valence-corrected chi connectivity index (χ0v) is 7.26. The van der Waals surface area contributed by atoms with E-state index in [-0.39, 0.29) is 5.75 Å². The third-order valence-electron chi connectivity index (χ3n) is 1.76. The molecule has 0 fully saturated rings. The van der Waals surface area contributed by atoms with Crippen LogP contribution in [0.2, 0.25) is 0 Å². The van der Waals surface area contributed by atoms with Gasteiger partial charge in [0.05, 0.1) is 13.2 Å². The Kier molecular flexibility index (Phi) is 3.19. The van der Waals surface area contributed by atoms with E-state index in [4.69, 9.17) is 10.5 Å². The molecule has 0 heterocycles. The van der Waals surface area contributed by atoms with Crippen molar-refractivity contribution in [1.29, 1.82) is 0 Å². The third kappa shape index (κ3) is 2.15. The topological polar surface area (TPSA) is 35.2 Å². The zero-order chi connectivity index (χ0) is 9.84. The number of hydrogen-bond donors (Lipinski definition) is 1. The minimum Gasteiger partial charge on any atom is -0.496 e. The summed E-state index contributed by atoms with van der Waals surface area (Å²) in [5.41, 5.74) is 5.92. The number of rotatable bonds is 3. The first-order valence-corrected chi connectivity index (χ1v) is 3.84. The fourth-order valence-corrected chi connectivity index (χ4v) is 1.07. The van der Waals surface area contributed by atoms with Crippen LogP contribution in [0.15, 0.2) is 18.2 Å². The Morgan fingerprint density at radius 1 is 1.54 bits per heavy atom. The molecule has 1 rings (SSSR count). The predicted octanol–water partition coefficient (Wildman–Crippen LogP) is 1.80. The predicted molar refractivity (Wildman–Crippen MR) is 45.9 cm³/mol. The van der Waals surface area contributed by atoms with Gasteiger partial charge in [0.2, 0.25) is 0 Å². The van der Waals surface area contributed by atoms with E-state index >= 15 is 0 Å². The summed E-state index contributed by atoms with van der Waals surface area (Å²) in [7, 11) is 1.39. The second-order valence-electron chi connectivity index (χ2n) is 2.65. The first-order valence-electron chi connectivity index (χ1n) is 3.84. The zero-order valence-electron chi connectivity index (χ0n) is 7.26. The van der Waals surface area contributed by atoms with E-state index in [2.05, 4.69) is 0 Å². The Labute approximate surface area is 75.3 Å². The molecular formula is C9H11F2NO. The Morgan fingerprint density at radius 3 is 2.77 bits per heavy atom. The van der Waals surface area contributed by atoms with Crippen molar-refractivity contribution in [3.8, 4) is 5.75 Å². The standard InChI is InChI=1S/C9H11F2NO/c1-13-9-4-6(11)2-3-7(9)8(12)5-10/h2-4,8H,5,12H2,1H3/t8-/m1/s1. The molecule has 1 aromatic carbocycles. The lowest BCUT2D eigenvalue weighted by molar-refractivity contribution is 0.386. The summed E-state index contributed by atoms with van der Waals surface area (Å²) in [5, 5.41) is 0. The largest absolute Gasteiger partial charge is 0.496 e. The highest BCUT2D eigenvalue weighted by atomic mass is 19.1. The van der Waals surface area contributed by atoms with Crippen molar-refractivity contribution in [2.24, 2.45) is 5.73 Å². The summed E-state index contributed by atoms with van der Waals surface area (Å²) in [4.78, 5) is 0. The summed E-state index contributed by atoms with van der Waals surface area (Å²) in [6.07, 6.45) is 0. The summed E-state index contributed by atoms with van der Waals surface area (Å²) in [6.45, 7) is -0.692. The van der Waals surface area contributed by atoms with E-state index in [9.17, 15) is 8.78 Å². The molecule has 0 radical (unpaired) electrons. The third-order valence-corrected chi connectivity index (χ3v) is 1.76. The van der Waals surface area contributed by atoms with Gasteiger partial charge in [-0.3, -0.25) is 0 Å². The van der Waals surface area contributed by atoms with Crippen molar-refractivity contribution in [3.05, 3.63) is 29.6 Å². The first kappa shape index (κ1) is 9.92. The molecule has 0 aliphatic carbocycles. The normalized spacial score (nSPS) is 12.6. The number of hydrogen-bond acceptors (Lipinski definition) is 2. The second kappa shape index (κ2) is 4.18. The van der Waals surface area contributed by atoms with Gasteiger partial charge in [0.15, 0.2) is 0 Å². The number of benzene rings is 1. The highest BCUT2D eigenvalue weighted by molar-refractivity contribution is 5.36. The van der Waals surface area contributed by atoms with Gasteiger partial charge in [0.1, 0.15) is 18.2 Å². The molecular weight excluding hydrogens is 176 g/mol. The smallest absolute Gasteiger partial charge is 0.126 e. The molecule has 0 aromatic heterocycles. The molecule has 0 aliphatic rings. The highest BCUT2D eigenvalue weighted by Crippen LogP contribution is 2.24. The fraction of sp³-hybridized carbons (Fsp3) is 0.333. The van der Waals surface area contributed by atoms with Crippen LogP contribution in [0.3, 0.4) is 0 Å². The summed E-state index contributed by atoms with van der Waals surface area (Å²) >= 11 is 0. The molecule has 0 aliphatic heterocycles. The van der Waals surface area contributed by atoms with Crippen LogP contribution in [-0.4, -0.2) is 13.8 Å². The highest BCUT2D eigenvalue weighted by Gasteiger charge is 2.11. The molecule has 0 saturated heterocycles. The number of halogens is 2. The van der Waals surface area contributed by atoms with E-state index in [0.717, 1.165) is 0 Å². The Balaban J connectivity index is 3.05. The molecule has 2 N–H and O–H groups in total. The van der Waals surface area contributed by atoms with Crippen LogP contribution in [0.5, 0.6) is 5.75 Å². The monoisotopic (exact) mass is 187 g/mol. The number of methoxy groups -OCH3 is 1. The van der Waals surface area contributed by atoms with Crippen molar-refractivity contribution in [3.63, 3.8) is 0 Å². The summed E-state index contributed by atoms with van der Waals surface area (Å²) in [5.74, 6) is -0.142. The van der Waals surface area contributed by atoms with Gasteiger partial charge in [-0.05, 0) is 6.07 Å². The van der Waals surface area contributed by atoms with Crippen LogP contribution < -0.4 is 10.5 Å². The second-order valence-corrected chi connectivity index (χ2v) is 2.65. The lowest BCUT2D eigenvalue weighted by atomic mass is 10.1. The van der Waals surface area contributed by atoms with Crippen molar-refractivity contribution >= 4 is 0 Å². The van der Waals surface area contributed by atoms with Gasteiger partial charge < -0.3 is 10.5 Å². The fourth-order valence-electron chi connectivity index (χ4n) is 1.07. The lowest BCUT2D eigenvalue weighted by Gasteiger charge is -2.12. The lowest BCUT2D eigenvalue weighted by Crippen LogP contribution is -2.13. The van der Waals surface area contributed by atoms with E-state index in [0.29, 0.717) is 5.56 Å². The van der Waals surface area contributed by atoms with Gasteiger partial charge in [-0.25, -0.2) is 8.78 Å². The van der Waals surface area contributed by atoms with E-state index < -0.39 is 18.5 Å². The van der Waals surface area contributed by atoms with Gasteiger partial charge >= 0.3 is 0 Å². The van der Waals surface area contributed by atoms with Gasteiger partial charge in [0, 0.05) is 11.6 Å². The molecule has 72 valence electrons. The van der Waals surface area contributed by atoms with Crippen LogP contribution >= 0.6 is 0 Å². The number of alkyl halides is 1. The molecule has 1 aromatic rings. The summed E-state index contributed by atoms with van der Waals surface area (Å²) in [6, 6.07) is 3.09. The molecule has 0 unspecified atom stereocenters. The molecule has 0 spiro atoms. The van der Waals surface area contributed by atoms with Gasteiger partial charge in [0.25, 0.3) is 0 Å². The SMILES string of the molecule is COc1cc(F)ccc1[C@H](N)CF. The van der Waals surface area contributed by atoms with Gasteiger partial charge in [-0.15, -0.1) is 0 Å². The van der Waals surface area contributed by atoms with Crippen molar-refractivity contribution in [1.82, 2.24) is 0 Å². The van der Waals surface area contributed by atoms with Crippen molar-refractivity contribution in [2.45, 2.75) is 6.04 Å². The Bertz CT molecular complexity index is 291. The molecule has 1 atom stereocenters. The number of nitrogens with two attached hydrogens (primary N) is 1. The van der Waals surface area contributed by atoms with E-state index in [1.807, 2.05) is 0 Å². The molecule has 0 amide bonds. The molecule has 0 saturated carbocycles. The minimum absolute atomic E-state index is 0.283. The maximum Gasteiger partial charge on any atom is 0.126 e. The van der Waals surface area contributed by atoms with Crippen LogP contribution in [0, 0.1) is 5.82 Å². The maximum absolute atomic E-state index is 12.7. The first-order chi connectivity index (χ1) is 6.19. The maximum atomic E-state index is 12.7. The molecule has 2 nitrogen and oxygen atoms in total. The minimum atomic E-state index is -0.754. The average Bonchev–Trinajstić information content (AvgIpc) is 2.16. The quantitative estimate of drug-likeness (QED) is 0.783. The Hall–Kier alpha value is -1.16.